The minimum atomic E-state index is -3.37. The summed E-state index contributed by atoms with van der Waals surface area (Å²) in [6.07, 6.45) is 2.67. The highest BCUT2D eigenvalue weighted by Gasteiger charge is 2.20. The molecule has 0 fully saturated rings. The van der Waals surface area contributed by atoms with Crippen molar-refractivity contribution in [2.24, 2.45) is 0 Å². The molecule has 9 heteroatoms. The molecule has 0 unspecified atom stereocenters. The Balaban J connectivity index is 1.78. The molecule has 0 aliphatic heterocycles. The van der Waals surface area contributed by atoms with Crippen molar-refractivity contribution in [2.45, 2.75) is 4.90 Å². The predicted octanol–water partition coefficient (Wildman–Crippen LogP) is 4.99. The first kappa shape index (κ1) is 21.7. The minimum absolute atomic E-state index is 0.157. The summed E-state index contributed by atoms with van der Waals surface area (Å²) in [5.74, 6) is -0.964. The molecule has 1 aromatic heterocycles. The van der Waals surface area contributed by atoms with Gasteiger partial charge in [0.1, 0.15) is 11.5 Å². The predicted molar refractivity (Wildman–Crippen MR) is 121 cm³/mol. The lowest BCUT2D eigenvalue weighted by atomic mass is 10.1. The number of hydrogen-bond donors (Lipinski definition) is 1. The van der Waals surface area contributed by atoms with Crippen LogP contribution in [0.1, 0.15) is 10.4 Å². The van der Waals surface area contributed by atoms with Crippen LogP contribution >= 0.6 is 11.6 Å². The van der Waals surface area contributed by atoms with Crippen LogP contribution in [-0.4, -0.2) is 30.4 Å². The van der Waals surface area contributed by atoms with Gasteiger partial charge < -0.3 is 5.32 Å². The molecule has 1 heterocycles. The Morgan fingerprint density at radius 3 is 2.34 bits per heavy atom. The van der Waals surface area contributed by atoms with Gasteiger partial charge in [-0.05, 0) is 54.6 Å². The maximum Gasteiger partial charge on any atom is 0.259 e. The van der Waals surface area contributed by atoms with E-state index in [1.54, 1.807) is 48.7 Å². The molecule has 1 amide bonds. The molecule has 4 rings (SSSR count). The molecule has 3 aromatic carbocycles. The number of nitrogens with zero attached hydrogens (tertiary/aromatic N) is 2. The maximum atomic E-state index is 13.5. The van der Waals surface area contributed by atoms with Crippen LogP contribution in [0.3, 0.4) is 0 Å². The van der Waals surface area contributed by atoms with Crippen molar-refractivity contribution in [3.63, 3.8) is 0 Å². The van der Waals surface area contributed by atoms with Crippen molar-refractivity contribution < 1.29 is 17.6 Å². The van der Waals surface area contributed by atoms with E-state index in [1.807, 2.05) is 0 Å². The molecule has 0 aliphatic carbocycles. The van der Waals surface area contributed by atoms with Crippen molar-refractivity contribution >= 4 is 33.0 Å². The van der Waals surface area contributed by atoms with Gasteiger partial charge in [-0.15, -0.1) is 0 Å². The quantitative estimate of drug-likeness (QED) is 0.446. The molecule has 0 aliphatic rings. The van der Waals surface area contributed by atoms with Gasteiger partial charge >= 0.3 is 0 Å². The lowest BCUT2D eigenvalue weighted by Crippen LogP contribution is -2.12. The average Bonchev–Trinajstić information content (AvgIpc) is 3.19. The summed E-state index contributed by atoms with van der Waals surface area (Å²) in [5.41, 5.74) is 2.10. The second kappa shape index (κ2) is 8.57. The van der Waals surface area contributed by atoms with E-state index in [1.165, 1.54) is 35.0 Å². The van der Waals surface area contributed by atoms with Crippen LogP contribution in [0.15, 0.2) is 83.9 Å². The Morgan fingerprint density at radius 1 is 1.03 bits per heavy atom. The molecule has 1 N–H and O–H groups in total. The van der Waals surface area contributed by atoms with Crippen LogP contribution in [0.2, 0.25) is 5.02 Å². The van der Waals surface area contributed by atoms with Crippen LogP contribution in [0.5, 0.6) is 0 Å². The number of aromatic nitrogens is 2. The minimum Gasteiger partial charge on any atom is -0.322 e. The van der Waals surface area contributed by atoms with Crippen LogP contribution in [-0.2, 0) is 9.84 Å². The van der Waals surface area contributed by atoms with Gasteiger partial charge in [0.05, 0.1) is 16.1 Å². The molecule has 4 aromatic rings. The molecule has 32 heavy (non-hydrogen) atoms. The molecular formula is C23H17ClFN3O3S. The lowest BCUT2D eigenvalue weighted by molar-refractivity contribution is 0.102. The highest BCUT2D eigenvalue weighted by atomic mass is 35.5. The molecule has 0 atom stereocenters. The number of carbonyl (C=O) groups excluding carboxylic acids is 1. The zero-order valence-corrected chi connectivity index (χ0v) is 18.4. The summed E-state index contributed by atoms with van der Waals surface area (Å²) in [4.78, 5) is 13.2. The fourth-order valence-electron chi connectivity index (χ4n) is 3.10. The standard InChI is InChI=1S/C23H17ClFN3O3S/c1-32(30,31)20-11-5-15(6-12-20)22-21(23(29)26-18-4-2-3-17(25)13-18)14-28(27-22)19-9-7-16(24)8-10-19/h2-14H,1H3,(H,26,29). The first-order chi connectivity index (χ1) is 15.2. The third kappa shape index (κ3) is 4.71. The maximum absolute atomic E-state index is 13.5. The van der Waals surface area contributed by atoms with Gasteiger partial charge in [0, 0.05) is 28.7 Å². The van der Waals surface area contributed by atoms with E-state index >= 15 is 0 Å². The molecule has 0 radical (unpaired) electrons. The largest absolute Gasteiger partial charge is 0.322 e. The number of rotatable bonds is 5. The SMILES string of the molecule is CS(=O)(=O)c1ccc(-c2nn(-c3ccc(Cl)cc3)cc2C(=O)Nc2cccc(F)c2)cc1. The van der Waals surface area contributed by atoms with Crippen LogP contribution in [0, 0.1) is 5.82 Å². The second-order valence-electron chi connectivity index (χ2n) is 7.07. The smallest absolute Gasteiger partial charge is 0.259 e. The summed E-state index contributed by atoms with van der Waals surface area (Å²) >= 11 is 5.96. The Labute approximate surface area is 189 Å². The van der Waals surface area contributed by atoms with Crippen molar-refractivity contribution in [3.8, 4) is 16.9 Å². The van der Waals surface area contributed by atoms with Crippen molar-refractivity contribution in [1.82, 2.24) is 9.78 Å². The van der Waals surface area contributed by atoms with E-state index in [9.17, 15) is 17.6 Å². The van der Waals surface area contributed by atoms with Gasteiger partial charge in [-0.1, -0.05) is 29.8 Å². The van der Waals surface area contributed by atoms with E-state index < -0.39 is 21.6 Å². The van der Waals surface area contributed by atoms with Crippen LogP contribution < -0.4 is 5.32 Å². The number of amides is 1. The van der Waals surface area contributed by atoms with E-state index in [2.05, 4.69) is 10.4 Å². The van der Waals surface area contributed by atoms with E-state index in [0.29, 0.717) is 27.7 Å². The number of anilines is 1. The van der Waals surface area contributed by atoms with Crippen LogP contribution in [0.25, 0.3) is 16.9 Å². The van der Waals surface area contributed by atoms with Crippen LogP contribution in [0.4, 0.5) is 10.1 Å². The van der Waals surface area contributed by atoms with E-state index in [4.69, 9.17) is 11.6 Å². The molecular weight excluding hydrogens is 453 g/mol. The summed E-state index contributed by atoms with van der Waals surface area (Å²) in [6.45, 7) is 0. The van der Waals surface area contributed by atoms with Crippen molar-refractivity contribution in [3.05, 3.63) is 95.4 Å². The van der Waals surface area contributed by atoms with Crippen molar-refractivity contribution in [1.29, 1.82) is 0 Å². The Bertz CT molecular complexity index is 1400. The average molecular weight is 470 g/mol. The van der Waals surface area contributed by atoms with Crippen molar-refractivity contribution in [2.75, 3.05) is 11.6 Å². The molecule has 0 saturated carbocycles. The fourth-order valence-corrected chi connectivity index (χ4v) is 3.86. The van der Waals surface area contributed by atoms with Gasteiger partial charge in [-0.25, -0.2) is 17.5 Å². The highest BCUT2D eigenvalue weighted by molar-refractivity contribution is 7.90. The Morgan fingerprint density at radius 2 is 1.72 bits per heavy atom. The normalized spacial score (nSPS) is 11.3. The number of benzene rings is 3. The number of sulfone groups is 1. The number of carbonyl (C=O) groups is 1. The zero-order chi connectivity index (χ0) is 22.9. The number of hydrogen-bond acceptors (Lipinski definition) is 4. The monoisotopic (exact) mass is 469 g/mol. The fraction of sp³-hybridized carbons (Fsp3) is 0.0435. The summed E-state index contributed by atoms with van der Waals surface area (Å²) in [5, 5.41) is 7.77. The summed E-state index contributed by atoms with van der Waals surface area (Å²) in [6, 6.07) is 18.6. The van der Waals surface area contributed by atoms with E-state index in [0.717, 1.165) is 6.26 Å². The molecule has 162 valence electrons. The summed E-state index contributed by atoms with van der Waals surface area (Å²) < 4.78 is 38.6. The topological polar surface area (TPSA) is 81.1 Å². The Hall–Kier alpha value is -3.49. The molecule has 6 nitrogen and oxygen atoms in total. The Kier molecular flexibility index (Phi) is 5.82. The third-order valence-corrected chi connectivity index (χ3v) is 6.07. The zero-order valence-electron chi connectivity index (χ0n) is 16.8. The van der Waals surface area contributed by atoms with Gasteiger partial charge in [0.15, 0.2) is 9.84 Å². The highest BCUT2D eigenvalue weighted by Crippen LogP contribution is 2.26. The van der Waals surface area contributed by atoms with Gasteiger partial charge in [0.2, 0.25) is 0 Å². The number of halogens is 2. The lowest BCUT2D eigenvalue weighted by Gasteiger charge is -2.06. The third-order valence-electron chi connectivity index (χ3n) is 4.69. The van der Waals surface area contributed by atoms with Gasteiger partial charge in [0.25, 0.3) is 5.91 Å². The number of nitrogens with one attached hydrogen (secondary N) is 1. The molecule has 0 spiro atoms. The molecule has 0 saturated heterocycles. The molecule has 0 bridgehead atoms. The van der Waals surface area contributed by atoms with E-state index in [-0.39, 0.29) is 10.5 Å². The van der Waals surface area contributed by atoms with Gasteiger partial charge in [-0.2, -0.15) is 5.10 Å². The first-order valence-corrected chi connectivity index (χ1v) is 11.7. The van der Waals surface area contributed by atoms with Gasteiger partial charge in [-0.3, -0.25) is 4.79 Å². The first-order valence-electron chi connectivity index (χ1n) is 9.44. The summed E-state index contributed by atoms with van der Waals surface area (Å²) in [7, 11) is -3.37. The second-order valence-corrected chi connectivity index (χ2v) is 9.53.